The summed E-state index contributed by atoms with van der Waals surface area (Å²) in [6.45, 7) is 6.40. The highest BCUT2D eigenvalue weighted by Gasteiger charge is 2.11. The highest BCUT2D eigenvalue weighted by molar-refractivity contribution is 4.60. The Hall–Kier alpha value is -0.160. The summed E-state index contributed by atoms with van der Waals surface area (Å²) in [6.07, 6.45) is 1.13. The third kappa shape index (κ3) is 8.81. The van der Waals surface area contributed by atoms with Gasteiger partial charge in [-0.15, -0.1) is 0 Å². The van der Waals surface area contributed by atoms with E-state index >= 15 is 0 Å². The molecule has 0 saturated carbocycles. The summed E-state index contributed by atoms with van der Waals surface area (Å²) in [5.74, 6) is 0. The van der Waals surface area contributed by atoms with Crippen LogP contribution in [0, 0.1) is 0 Å². The van der Waals surface area contributed by atoms with Crippen molar-refractivity contribution in [1.29, 1.82) is 0 Å². The first kappa shape index (κ1) is 14.8. The molecule has 0 amide bonds. The standard InChI is InChI=1S/C11H24O4/c1-4-11(12)10(2)15-7-5-6-14-9-8-13-3/h10-12H,4-9H2,1-3H3. The minimum absolute atomic E-state index is 0.0889. The average molecular weight is 220 g/mol. The van der Waals surface area contributed by atoms with Crippen molar-refractivity contribution in [2.75, 3.05) is 33.5 Å². The van der Waals surface area contributed by atoms with Crippen LogP contribution in [0.2, 0.25) is 0 Å². The van der Waals surface area contributed by atoms with E-state index in [9.17, 15) is 5.11 Å². The second kappa shape index (κ2) is 10.4. The number of hydrogen-bond acceptors (Lipinski definition) is 4. The van der Waals surface area contributed by atoms with Crippen molar-refractivity contribution in [3.05, 3.63) is 0 Å². The average Bonchev–Trinajstić information content (AvgIpc) is 2.26. The maximum atomic E-state index is 9.43. The van der Waals surface area contributed by atoms with Crippen molar-refractivity contribution in [2.24, 2.45) is 0 Å². The maximum absolute atomic E-state index is 9.43. The normalized spacial score (nSPS) is 15.2. The van der Waals surface area contributed by atoms with Crippen LogP contribution < -0.4 is 0 Å². The van der Waals surface area contributed by atoms with Crippen LogP contribution in [-0.4, -0.2) is 50.9 Å². The Labute approximate surface area is 92.5 Å². The van der Waals surface area contributed by atoms with Gasteiger partial charge < -0.3 is 19.3 Å². The van der Waals surface area contributed by atoms with Crippen molar-refractivity contribution in [1.82, 2.24) is 0 Å². The molecular formula is C11H24O4. The predicted molar refractivity (Wildman–Crippen MR) is 59.0 cm³/mol. The first-order chi connectivity index (χ1) is 7.22. The molecule has 0 spiro atoms. The Morgan fingerprint density at radius 1 is 1.13 bits per heavy atom. The molecular weight excluding hydrogens is 196 g/mol. The van der Waals surface area contributed by atoms with Crippen LogP contribution in [-0.2, 0) is 14.2 Å². The van der Waals surface area contributed by atoms with Crippen LogP contribution in [0.5, 0.6) is 0 Å². The molecule has 0 aliphatic carbocycles. The van der Waals surface area contributed by atoms with E-state index < -0.39 is 0 Å². The number of hydrogen-bond donors (Lipinski definition) is 1. The second-order valence-electron chi connectivity index (χ2n) is 3.51. The molecule has 1 N–H and O–H groups in total. The van der Waals surface area contributed by atoms with Gasteiger partial charge in [0.05, 0.1) is 25.4 Å². The van der Waals surface area contributed by atoms with Gasteiger partial charge >= 0.3 is 0 Å². The van der Waals surface area contributed by atoms with Gasteiger partial charge in [0.15, 0.2) is 0 Å². The fraction of sp³-hybridized carbons (Fsp3) is 1.00. The van der Waals surface area contributed by atoms with E-state index in [0.717, 1.165) is 12.8 Å². The summed E-state index contributed by atoms with van der Waals surface area (Å²) in [6, 6.07) is 0. The van der Waals surface area contributed by atoms with Crippen molar-refractivity contribution in [3.63, 3.8) is 0 Å². The maximum Gasteiger partial charge on any atom is 0.0805 e. The van der Waals surface area contributed by atoms with E-state index in [4.69, 9.17) is 14.2 Å². The van der Waals surface area contributed by atoms with Crippen molar-refractivity contribution >= 4 is 0 Å². The van der Waals surface area contributed by atoms with Crippen LogP contribution in [0.15, 0.2) is 0 Å². The molecule has 0 heterocycles. The van der Waals surface area contributed by atoms with Gasteiger partial charge in [-0.1, -0.05) is 6.92 Å². The zero-order valence-corrected chi connectivity index (χ0v) is 10.1. The first-order valence-corrected chi connectivity index (χ1v) is 5.58. The molecule has 0 saturated heterocycles. The molecule has 0 fully saturated rings. The number of aliphatic hydroxyl groups excluding tert-OH is 1. The number of methoxy groups -OCH3 is 1. The van der Waals surface area contributed by atoms with Crippen LogP contribution in [0.4, 0.5) is 0 Å². The lowest BCUT2D eigenvalue weighted by Gasteiger charge is -2.17. The molecule has 0 aliphatic rings. The lowest BCUT2D eigenvalue weighted by molar-refractivity contribution is -0.0352. The van der Waals surface area contributed by atoms with Gasteiger partial charge in [-0.25, -0.2) is 0 Å². The van der Waals surface area contributed by atoms with Crippen molar-refractivity contribution < 1.29 is 19.3 Å². The summed E-state index contributed by atoms with van der Waals surface area (Å²) in [7, 11) is 1.65. The molecule has 0 rings (SSSR count). The Morgan fingerprint density at radius 3 is 2.47 bits per heavy atom. The van der Waals surface area contributed by atoms with Gasteiger partial charge in [0.1, 0.15) is 0 Å². The first-order valence-electron chi connectivity index (χ1n) is 5.58. The van der Waals surface area contributed by atoms with Gasteiger partial charge in [0, 0.05) is 20.3 Å². The van der Waals surface area contributed by atoms with Crippen LogP contribution >= 0.6 is 0 Å². The molecule has 0 radical (unpaired) electrons. The third-order valence-corrected chi connectivity index (χ3v) is 2.21. The van der Waals surface area contributed by atoms with E-state index in [1.807, 2.05) is 13.8 Å². The van der Waals surface area contributed by atoms with E-state index in [1.54, 1.807) is 7.11 Å². The summed E-state index contributed by atoms with van der Waals surface area (Å²) in [5.41, 5.74) is 0. The fourth-order valence-corrected chi connectivity index (χ4v) is 1.12. The third-order valence-electron chi connectivity index (χ3n) is 2.21. The highest BCUT2D eigenvalue weighted by atomic mass is 16.5. The molecule has 4 heteroatoms. The smallest absolute Gasteiger partial charge is 0.0805 e. The second-order valence-corrected chi connectivity index (χ2v) is 3.51. The van der Waals surface area contributed by atoms with E-state index in [2.05, 4.69) is 0 Å². The SMILES string of the molecule is CCC(O)C(C)OCCCOCCOC. The monoisotopic (exact) mass is 220 g/mol. The lowest BCUT2D eigenvalue weighted by atomic mass is 10.2. The molecule has 2 atom stereocenters. The zero-order chi connectivity index (χ0) is 11.5. The Kier molecular flexibility index (Phi) is 10.3. The van der Waals surface area contributed by atoms with Crippen molar-refractivity contribution in [3.8, 4) is 0 Å². The molecule has 0 aromatic heterocycles. The molecule has 0 bridgehead atoms. The Morgan fingerprint density at radius 2 is 1.87 bits per heavy atom. The minimum atomic E-state index is -0.362. The zero-order valence-electron chi connectivity index (χ0n) is 10.1. The van der Waals surface area contributed by atoms with E-state index in [1.165, 1.54) is 0 Å². The van der Waals surface area contributed by atoms with Crippen LogP contribution in [0.1, 0.15) is 26.7 Å². The molecule has 2 unspecified atom stereocenters. The Bertz CT molecular complexity index is 130. The van der Waals surface area contributed by atoms with Crippen LogP contribution in [0.25, 0.3) is 0 Å². The van der Waals surface area contributed by atoms with Crippen LogP contribution in [0.3, 0.4) is 0 Å². The highest BCUT2D eigenvalue weighted by Crippen LogP contribution is 2.02. The summed E-state index contributed by atoms with van der Waals surface area (Å²) in [5, 5.41) is 9.43. The quantitative estimate of drug-likeness (QED) is 0.562. The van der Waals surface area contributed by atoms with Gasteiger partial charge in [0.25, 0.3) is 0 Å². The molecule has 0 aromatic carbocycles. The van der Waals surface area contributed by atoms with Gasteiger partial charge in [-0.2, -0.15) is 0 Å². The minimum Gasteiger partial charge on any atom is -0.390 e. The molecule has 0 aromatic rings. The topological polar surface area (TPSA) is 47.9 Å². The van der Waals surface area contributed by atoms with E-state index in [0.29, 0.717) is 26.4 Å². The van der Waals surface area contributed by atoms with Crippen molar-refractivity contribution in [2.45, 2.75) is 38.9 Å². The predicted octanol–water partition coefficient (Wildman–Crippen LogP) is 1.22. The van der Waals surface area contributed by atoms with E-state index in [-0.39, 0.29) is 12.2 Å². The van der Waals surface area contributed by atoms with Gasteiger partial charge in [-0.05, 0) is 19.8 Å². The molecule has 92 valence electrons. The largest absolute Gasteiger partial charge is 0.390 e. The fourth-order valence-electron chi connectivity index (χ4n) is 1.12. The Balaban J connectivity index is 3.16. The number of ether oxygens (including phenoxy) is 3. The van der Waals surface area contributed by atoms with Gasteiger partial charge in [-0.3, -0.25) is 0 Å². The summed E-state index contributed by atoms with van der Waals surface area (Å²) < 4.78 is 15.6. The number of aliphatic hydroxyl groups is 1. The van der Waals surface area contributed by atoms with Gasteiger partial charge in [0.2, 0.25) is 0 Å². The summed E-state index contributed by atoms with van der Waals surface area (Å²) >= 11 is 0. The lowest BCUT2D eigenvalue weighted by Crippen LogP contribution is -2.25. The molecule has 15 heavy (non-hydrogen) atoms. The molecule has 0 aliphatic heterocycles. The molecule has 4 nitrogen and oxygen atoms in total. The number of rotatable bonds is 10. The summed E-state index contributed by atoms with van der Waals surface area (Å²) in [4.78, 5) is 0.